The number of likely N-dealkylation sites (tertiary alicyclic amines) is 1. The molecule has 1 heterocycles. The smallest absolute Gasteiger partial charge is 0.256 e. The lowest BCUT2D eigenvalue weighted by Gasteiger charge is -2.37. The highest BCUT2D eigenvalue weighted by molar-refractivity contribution is 6.30. The van der Waals surface area contributed by atoms with Gasteiger partial charge in [-0.25, -0.2) is 8.78 Å². The van der Waals surface area contributed by atoms with E-state index in [4.69, 9.17) is 11.6 Å². The van der Waals surface area contributed by atoms with Crippen molar-refractivity contribution in [2.45, 2.75) is 45.1 Å². The predicted molar refractivity (Wildman–Crippen MR) is 117 cm³/mol. The Labute approximate surface area is 186 Å². The summed E-state index contributed by atoms with van der Waals surface area (Å²) < 4.78 is 27.1. The number of halogens is 3. The van der Waals surface area contributed by atoms with Gasteiger partial charge in [-0.05, 0) is 55.5 Å². The number of benzene rings is 2. The van der Waals surface area contributed by atoms with Crippen LogP contribution in [0.2, 0.25) is 5.02 Å². The topological polar surface area (TPSA) is 49.4 Å². The molecule has 0 radical (unpaired) electrons. The molecule has 2 amide bonds. The van der Waals surface area contributed by atoms with Crippen molar-refractivity contribution in [2.24, 2.45) is 5.92 Å². The third-order valence-electron chi connectivity index (χ3n) is 6.28. The van der Waals surface area contributed by atoms with Crippen LogP contribution in [-0.2, 0) is 10.3 Å². The molecule has 1 fully saturated rings. The first-order valence-corrected chi connectivity index (χ1v) is 11.0. The molecule has 31 heavy (non-hydrogen) atoms. The number of amides is 2. The van der Waals surface area contributed by atoms with Gasteiger partial charge in [-0.2, -0.15) is 0 Å². The second-order valence-electron chi connectivity index (χ2n) is 7.98. The van der Waals surface area contributed by atoms with Crippen LogP contribution in [0.3, 0.4) is 0 Å². The molecule has 0 aliphatic carbocycles. The van der Waals surface area contributed by atoms with E-state index in [2.05, 4.69) is 5.32 Å². The zero-order valence-corrected chi connectivity index (χ0v) is 18.5. The molecule has 1 saturated heterocycles. The number of nitrogens with one attached hydrogen (secondary N) is 1. The molecule has 0 unspecified atom stereocenters. The molecule has 4 nitrogen and oxygen atoms in total. The van der Waals surface area contributed by atoms with Gasteiger partial charge in [0, 0.05) is 30.1 Å². The number of nitrogens with zero attached hydrogens (tertiary/aromatic N) is 1. The summed E-state index contributed by atoms with van der Waals surface area (Å²) in [4.78, 5) is 27.2. The van der Waals surface area contributed by atoms with E-state index in [1.165, 1.54) is 4.90 Å². The molecule has 166 valence electrons. The van der Waals surface area contributed by atoms with E-state index < -0.39 is 23.1 Å². The minimum atomic E-state index is -0.872. The third kappa shape index (κ3) is 5.06. The molecule has 0 aromatic heterocycles. The molecule has 0 spiro atoms. The van der Waals surface area contributed by atoms with Crippen molar-refractivity contribution < 1.29 is 18.4 Å². The average molecular weight is 449 g/mol. The Balaban J connectivity index is 1.65. The minimum Gasteiger partial charge on any atom is -0.346 e. The van der Waals surface area contributed by atoms with Gasteiger partial charge >= 0.3 is 0 Å². The molecule has 0 saturated carbocycles. The van der Waals surface area contributed by atoms with E-state index in [-0.39, 0.29) is 17.4 Å². The zero-order valence-electron chi connectivity index (χ0n) is 17.8. The van der Waals surface area contributed by atoms with Gasteiger partial charge in [0.25, 0.3) is 5.91 Å². The standard InChI is InChI=1S/C24H27ClF2N2O2/c1-3-24(4-2,17-5-7-18(25)8-6-17)28-22(30)16-11-13-29(14-12-16)23(31)20-10-9-19(26)15-21(20)27/h5-10,15-16H,3-4,11-14H2,1-2H3,(H,28,30). The van der Waals surface area contributed by atoms with Crippen LogP contribution in [0.1, 0.15) is 55.5 Å². The molecule has 1 N–H and O–H groups in total. The fraction of sp³-hybridized carbons (Fsp3) is 0.417. The highest BCUT2D eigenvalue weighted by atomic mass is 35.5. The maximum Gasteiger partial charge on any atom is 0.256 e. The summed E-state index contributed by atoms with van der Waals surface area (Å²) in [6.45, 7) is 4.77. The number of carbonyl (C=O) groups excluding carboxylic acids is 2. The van der Waals surface area contributed by atoms with Crippen LogP contribution in [-0.4, -0.2) is 29.8 Å². The molecule has 3 rings (SSSR count). The van der Waals surface area contributed by atoms with Crippen molar-refractivity contribution in [3.8, 4) is 0 Å². The molecule has 2 aromatic carbocycles. The van der Waals surface area contributed by atoms with Gasteiger partial charge < -0.3 is 10.2 Å². The first kappa shape index (κ1) is 23.2. The van der Waals surface area contributed by atoms with E-state index in [1.807, 2.05) is 38.1 Å². The van der Waals surface area contributed by atoms with Gasteiger partial charge in [0.15, 0.2) is 0 Å². The summed E-state index contributed by atoms with van der Waals surface area (Å²) in [6, 6.07) is 10.5. The fourth-order valence-electron chi connectivity index (χ4n) is 4.19. The van der Waals surface area contributed by atoms with Crippen molar-refractivity contribution >= 4 is 23.4 Å². The van der Waals surface area contributed by atoms with Crippen LogP contribution >= 0.6 is 11.6 Å². The van der Waals surface area contributed by atoms with Crippen molar-refractivity contribution in [3.05, 3.63) is 70.2 Å². The molecular formula is C24H27ClF2N2O2. The highest BCUT2D eigenvalue weighted by Gasteiger charge is 2.35. The van der Waals surface area contributed by atoms with Crippen LogP contribution < -0.4 is 5.32 Å². The van der Waals surface area contributed by atoms with Gasteiger partial charge in [0.1, 0.15) is 11.6 Å². The Hall–Kier alpha value is -2.47. The van der Waals surface area contributed by atoms with Gasteiger partial charge in [0.05, 0.1) is 11.1 Å². The lowest BCUT2D eigenvalue weighted by atomic mass is 9.83. The molecule has 7 heteroatoms. The molecular weight excluding hydrogens is 422 g/mol. The van der Waals surface area contributed by atoms with E-state index >= 15 is 0 Å². The Morgan fingerprint density at radius 2 is 1.68 bits per heavy atom. The van der Waals surface area contributed by atoms with Crippen LogP contribution in [0.5, 0.6) is 0 Å². The molecule has 0 atom stereocenters. The quantitative estimate of drug-likeness (QED) is 0.651. The summed E-state index contributed by atoms with van der Waals surface area (Å²) in [7, 11) is 0. The van der Waals surface area contributed by atoms with E-state index in [0.717, 1.165) is 30.5 Å². The normalized spacial score (nSPS) is 15.1. The number of carbonyl (C=O) groups is 2. The van der Waals surface area contributed by atoms with Crippen molar-refractivity contribution in [3.63, 3.8) is 0 Å². The molecule has 1 aliphatic heterocycles. The van der Waals surface area contributed by atoms with Gasteiger partial charge in [-0.3, -0.25) is 9.59 Å². The first-order chi connectivity index (χ1) is 14.8. The monoisotopic (exact) mass is 448 g/mol. The SMILES string of the molecule is CCC(CC)(NC(=O)C1CCN(C(=O)c2ccc(F)cc2F)CC1)c1ccc(Cl)cc1. The van der Waals surface area contributed by atoms with Crippen LogP contribution in [0.15, 0.2) is 42.5 Å². The van der Waals surface area contributed by atoms with Crippen molar-refractivity contribution in [1.82, 2.24) is 10.2 Å². The second kappa shape index (κ2) is 9.77. The number of hydrogen-bond acceptors (Lipinski definition) is 2. The lowest BCUT2D eigenvalue weighted by molar-refractivity contribution is -0.128. The highest BCUT2D eigenvalue weighted by Crippen LogP contribution is 2.31. The lowest BCUT2D eigenvalue weighted by Crippen LogP contribution is -2.50. The van der Waals surface area contributed by atoms with E-state index in [0.29, 0.717) is 37.0 Å². The second-order valence-corrected chi connectivity index (χ2v) is 8.41. The maximum absolute atomic E-state index is 14.0. The Morgan fingerprint density at radius 1 is 1.06 bits per heavy atom. The van der Waals surface area contributed by atoms with Crippen LogP contribution in [0.25, 0.3) is 0 Å². The van der Waals surface area contributed by atoms with Gasteiger partial charge in [-0.15, -0.1) is 0 Å². The largest absolute Gasteiger partial charge is 0.346 e. The summed E-state index contributed by atoms with van der Waals surface area (Å²) >= 11 is 6.01. The van der Waals surface area contributed by atoms with Crippen LogP contribution in [0, 0.1) is 17.6 Å². The Morgan fingerprint density at radius 3 is 2.23 bits per heavy atom. The summed E-state index contributed by atoms with van der Waals surface area (Å²) in [5, 5.41) is 3.88. The van der Waals surface area contributed by atoms with Crippen LogP contribution in [0.4, 0.5) is 8.78 Å². The number of rotatable bonds is 6. The molecule has 0 bridgehead atoms. The van der Waals surface area contributed by atoms with E-state index in [9.17, 15) is 18.4 Å². The maximum atomic E-state index is 14.0. The number of hydrogen-bond donors (Lipinski definition) is 1. The summed E-state index contributed by atoms with van der Waals surface area (Å²) in [5.41, 5.74) is 0.379. The Bertz CT molecular complexity index is 937. The first-order valence-electron chi connectivity index (χ1n) is 10.6. The summed E-state index contributed by atoms with van der Waals surface area (Å²) in [5.74, 6) is -2.34. The average Bonchev–Trinajstić information content (AvgIpc) is 2.78. The molecule has 2 aromatic rings. The molecule has 1 aliphatic rings. The third-order valence-corrected chi connectivity index (χ3v) is 6.53. The number of piperidine rings is 1. The predicted octanol–water partition coefficient (Wildman–Crippen LogP) is 5.30. The minimum absolute atomic E-state index is 0.0429. The Kier molecular flexibility index (Phi) is 7.31. The summed E-state index contributed by atoms with van der Waals surface area (Å²) in [6.07, 6.45) is 2.45. The van der Waals surface area contributed by atoms with E-state index in [1.54, 1.807) is 0 Å². The van der Waals surface area contributed by atoms with Gasteiger partial charge in [0.2, 0.25) is 5.91 Å². The van der Waals surface area contributed by atoms with Gasteiger partial charge in [-0.1, -0.05) is 37.6 Å². The van der Waals surface area contributed by atoms with Crippen molar-refractivity contribution in [1.29, 1.82) is 0 Å². The zero-order chi connectivity index (χ0) is 22.6. The fourth-order valence-corrected chi connectivity index (χ4v) is 4.32. The van der Waals surface area contributed by atoms with Crippen molar-refractivity contribution in [2.75, 3.05) is 13.1 Å².